The van der Waals surface area contributed by atoms with Crippen LogP contribution < -0.4 is 0 Å². The van der Waals surface area contributed by atoms with E-state index in [9.17, 15) is 18.0 Å². The Kier molecular flexibility index (Phi) is 5.32. The SMILES string of the molecule is CC(C)C(Sc1ccc(Br)cc1C(F)(F)F)C(=O)O. The molecule has 0 amide bonds. The minimum Gasteiger partial charge on any atom is -0.480 e. The molecule has 1 aromatic rings. The van der Waals surface area contributed by atoms with E-state index >= 15 is 0 Å². The molecule has 0 saturated heterocycles. The standard InChI is InChI=1S/C12H12BrF3O2S/c1-6(2)10(11(17)18)19-9-4-3-7(13)5-8(9)12(14,15)16/h3-6,10H,1-2H3,(H,17,18). The van der Waals surface area contributed by atoms with E-state index in [-0.39, 0.29) is 10.8 Å². The van der Waals surface area contributed by atoms with Gasteiger partial charge in [0.25, 0.3) is 0 Å². The molecule has 0 fully saturated rings. The summed E-state index contributed by atoms with van der Waals surface area (Å²) in [5.74, 6) is -1.39. The van der Waals surface area contributed by atoms with Crippen molar-refractivity contribution in [2.24, 2.45) is 5.92 Å². The zero-order valence-electron chi connectivity index (χ0n) is 10.2. The van der Waals surface area contributed by atoms with Crippen molar-refractivity contribution in [3.05, 3.63) is 28.2 Å². The van der Waals surface area contributed by atoms with Gasteiger partial charge in [-0.2, -0.15) is 13.2 Å². The van der Waals surface area contributed by atoms with Gasteiger partial charge in [-0.25, -0.2) is 0 Å². The van der Waals surface area contributed by atoms with Crippen LogP contribution in [0.5, 0.6) is 0 Å². The largest absolute Gasteiger partial charge is 0.480 e. The van der Waals surface area contributed by atoms with Gasteiger partial charge in [0.15, 0.2) is 0 Å². The maximum Gasteiger partial charge on any atom is 0.417 e. The van der Waals surface area contributed by atoms with Crippen LogP contribution in [0, 0.1) is 5.92 Å². The third kappa shape index (κ3) is 4.42. The van der Waals surface area contributed by atoms with E-state index in [4.69, 9.17) is 5.11 Å². The molecule has 0 heterocycles. The maximum absolute atomic E-state index is 12.9. The average Bonchev–Trinajstić information content (AvgIpc) is 2.24. The van der Waals surface area contributed by atoms with Gasteiger partial charge in [0.1, 0.15) is 5.25 Å². The lowest BCUT2D eigenvalue weighted by atomic mass is 10.1. The highest BCUT2D eigenvalue weighted by atomic mass is 79.9. The minimum absolute atomic E-state index is 0.0724. The smallest absolute Gasteiger partial charge is 0.417 e. The van der Waals surface area contributed by atoms with Crippen LogP contribution in [0.1, 0.15) is 19.4 Å². The molecule has 0 aliphatic rings. The molecule has 0 radical (unpaired) electrons. The summed E-state index contributed by atoms with van der Waals surface area (Å²) in [6.45, 7) is 3.33. The molecule has 7 heteroatoms. The molecule has 106 valence electrons. The van der Waals surface area contributed by atoms with Crippen LogP contribution in [0.3, 0.4) is 0 Å². The van der Waals surface area contributed by atoms with Crippen LogP contribution in [0.4, 0.5) is 13.2 Å². The summed E-state index contributed by atoms with van der Waals surface area (Å²) in [4.78, 5) is 11.0. The number of hydrogen-bond acceptors (Lipinski definition) is 2. The Bertz CT molecular complexity index is 475. The molecule has 1 unspecified atom stereocenters. The molecule has 1 aromatic carbocycles. The summed E-state index contributed by atoms with van der Waals surface area (Å²) in [5, 5.41) is 8.13. The van der Waals surface area contributed by atoms with Crippen molar-refractivity contribution in [2.75, 3.05) is 0 Å². The van der Waals surface area contributed by atoms with Crippen LogP contribution in [-0.2, 0) is 11.0 Å². The van der Waals surface area contributed by atoms with Crippen molar-refractivity contribution in [1.29, 1.82) is 0 Å². The number of benzene rings is 1. The molecule has 0 saturated carbocycles. The number of hydrogen-bond donors (Lipinski definition) is 1. The quantitative estimate of drug-likeness (QED) is 0.796. The van der Waals surface area contributed by atoms with Gasteiger partial charge in [0.2, 0.25) is 0 Å². The van der Waals surface area contributed by atoms with E-state index in [0.29, 0.717) is 4.47 Å². The van der Waals surface area contributed by atoms with Gasteiger partial charge in [-0.1, -0.05) is 29.8 Å². The molecule has 0 aliphatic heterocycles. The van der Waals surface area contributed by atoms with Crippen molar-refractivity contribution in [3.8, 4) is 0 Å². The first kappa shape index (κ1) is 16.4. The highest BCUT2D eigenvalue weighted by Gasteiger charge is 2.35. The van der Waals surface area contributed by atoms with Crippen LogP contribution in [0.25, 0.3) is 0 Å². The Morgan fingerprint density at radius 2 is 1.95 bits per heavy atom. The number of rotatable bonds is 4. The second kappa shape index (κ2) is 6.17. The molecule has 1 N–H and O–H groups in total. The number of thioether (sulfide) groups is 1. The molecule has 19 heavy (non-hydrogen) atoms. The Morgan fingerprint density at radius 3 is 2.37 bits per heavy atom. The summed E-state index contributed by atoms with van der Waals surface area (Å²) < 4.78 is 39.0. The lowest BCUT2D eigenvalue weighted by molar-refractivity contribution is -0.140. The van der Waals surface area contributed by atoms with Gasteiger partial charge in [0.05, 0.1) is 5.56 Å². The minimum atomic E-state index is -4.51. The van der Waals surface area contributed by atoms with Crippen molar-refractivity contribution < 1.29 is 23.1 Å². The van der Waals surface area contributed by atoms with E-state index in [0.717, 1.165) is 17.8 Å². The third-order valence-corrected chi connectivity index (χ3v) is 4.45. The van der Waals surface area contributed by atoms with Gasteiger partial charge in [0, 0.05) is 9.37 Å². The Morgan fingerprint density at radius 1 is 1.37 bits per heavy atom. The van der Waals surface area contributed by atoms with Crippen molar-refractivity contribution in [2.45, 2.75) is 30.2 Å². The average molecular weight is 357 g/mol. The predicted octanol–water partition coefficient (Wildman–Crippen LogP) is 4.67. The Labute approximate surface area is 121 Å². The second-order valence-electron chi connectivity index (χ2n) is 4.26. The number of carbonyl (C=O) groups is 1. The highest BCUT2D eigenvalue weighted by molar-refractivity contribution is 9.10. The summed E-state index contributed by atoms with van der Waals surface area (Å²) in [7, 11) is 0. The predicted molar refractivity (Wildman–Crippen MR) is 71.3 cm³/mol. The number of carboxylic acid groups (broad SMARTS) is 1. The van der Waals surface area contributed by atoms with E-state index in [1.54, 1.807) is 13.8 Å². The van der Waals surface area contributed by atoms with Crippen LogP contribution in [0.15, 0.2) is 27.6 Å². The van der Waals surface area contributed by atoms with E-state index in [1.165, 1.54) is 12.1 Å². The number of aliphatic carboxylic acids is 1. The first-order valence-corrected chi connectivity index (χ1v) is 7.06. The highest BCUT2D eigenvalue weighted by Crippen LogP contribution is 2.40. The molecule has 0 spiro atoms. The third-order valence-electron chi connectivity index (χ3n) is 2.35. The summed E-state index contributed by atoms with van der Waals surface area (Å²) in [6.07, 6.45) is -4.51. The van der Waals surface area contributed by atoms with E-state index < -0.39 is 23.0 Å². The van der Waals surface area contributed by atoms with Crippen molar-refractivity contribution in [1.82, 2.24) is 0 Å². The van der Waals surface area contributed by atoms with Crippen LogP contribution in [-0.4, -0.2) is 16.3 Å². The molecule has 0 bridgehead atoms. The fraction of sp³-hybridized carbons (Fsp3) is 0.417. The van der Waals surface area contributed by atoms with Gasteiger partial charge < -0.3 is 5.11 Å². The van der Waals surface area contributed by atoms with Gasteiger partial charge in [-0.3, -0.25) is 4.79 Å². The van der Waals surface area contributed by atoms with Gasteiger partial charge in [-0.05, 0) is 24.1 Å². The summed E-state index contributed by atoms with van der Waals surface area (Å²) in [6, 6.07) is 3.72. The zero-order valence-corrected chi connectivity index (χ0v) is 12.6. The van der Waals surface area contributed by atoms with E-state index in [2.05, 4.69) is 15.9 Å². The number of halogens is 4. The van der Waals surface area contributed by atoms with Gasteiger partial charge >= 0.3 is 12.1 Å². The molecule has 1 rings (SSSR count). The fourth-order valence-electron chi connectivity index (χ4n) is 1.43. The molecule has 0 aliphatic carbocycles. The molecule has 0 aromatic heterocycles. The lowest BCUT2D eigenvalue weighted by Crippen LogP contribution is -2.23. The number of carboxylic acids is 1. The maximum atomic E-state index is 12.9. The topological polar surface area (TPSA) is 37.3 Å². The Balaban J connectivity index is 3.17. The normalized spacial score (nSPS) is 13.6. The first-order chi connectivity index (χ1) is 8.62. The van der Waals surface area contributed by atoms with Gasteiger partial charge in [-0.15, -0.1) is 11.8 Å². The lowest BCUT2D eigenvalue weighted by Gasteiger charge is -2.19. The molecular weight excluding hydrogens is 345 g/mol. The molecular formula is C12H12BrF3O2S. The molecule has 1 atom stereocenters. The van der Waals surface area contributed by atoms with Crippen molar-refractivity contribution in [3.63, 3.8) is 0 Å². The van der Waals surface area contributed by atoms with E-state index in [1.807, 2.05) is 0 Å². The molecule has 2 nitrogen and oxygen atoms in total. The van der Waals surface area contributed by atoms with Crippen LogP contribution in [0.2, 0.25) is 0 Å². The zero-order chi connectivity index (χ0) is 14.8. The Hall–Kier alpha value is -0.690. The monoisotopic (exact) mass is 356 g/mol. The second-order valence-corrected chi connectivity index (χ2v) is 6.36. The fourth-order valence-corrected chi connectivity index (χ4v) is 2.89. The summed E-state index contributed by atoms with van der Waals surface area (Å²) in [5.41, 5.74) is -0.821. The van der Waals surface area contributed by atoms with Crippen LogP contribution >= 0.6 is 27.7 Å². The first-order valence-electron chi connectivity index (χ1n) is 5.39. The summed E-state index contributed by atoms with van der Waals surface area (Å²) >= 11 is 3.71. The van der Waals surface area contributed by atoms with Crippen molar-refractivity contribution >= 4 is 33.7 Å². The number of alkyl halides is 3.